The second-order valence-electron chi connectivity index (χ2n) is 4.24. The van der Waals surface area contributed by atoms with E-state index in [4.69, 9.17) is 10.9 Å². The van der Waals surface area contributed by atoms with Gasteiger partial charge in [0.05, 0.1) is 10.9 Å². The van der Waals surface area contributed by atoms with Crippen LogP contribution in [-0.2, 0) is 14.8 Å². The molecule has 0 unspecified atom stereocenters. The summed E-state index contributed by atoms with van der Waals surface area (Å²) in [6, 6.07) is 2.12. The van der Waals surface area contributed by atoms with E-state index in [2.05, 4.69) is 5.32 Å². The van der Waals surface area contributed by atoms with Gasteiger partial charge in [0, 0.05) is 5.69 Å². The van der Waals surface area contributed by atoms with Crippen molar-refractivity contribution in [2.45, 2.75) is 31.7 Å². The van der Waals surface area contributed by atoms with Crippen LogP contribution in [0.4, 0.5) is 5.69 Å². The van der Waals surface area contributed by atoms with Crippen LogP contribution >= 0.6 is 12.4 Å². The molecule has 1 amide bonds. The molecule has 0 saturated heterocycles. The van der Waals surface area contributed by atoms with Crippen molar-refractivity contribution in [3.8, 4) is 0 Å². The molecule has 0 heterocycles. The number of nitrogens with two attached hydrogens (primary N) is 2. The van der Waals surface area contributed by atoms with E-state index in [1.165, 1.54) is 12.1 Å². The van der Waals surface area contributed by atoms with Crippen molar-refractivity contribution in [1.29, 1.82) is 0 Å². The molecular formula is C11H18ClN3O3S. The molecule has 6 nitrogen and oxygen atoms in total. The number of rotatable bonds is 3. The number of carbonyl (C=O) groups excluding carboxylic acids is 1. The Hall–Kier alpha value is -1.15. The summed E-state index contributed by atoms with van der Waals surface area (Å²) >= 11 is 0. The lowest BCUT2D eigenvalue weighted by molar-refractivity contribution is -0.117. The van der Waals surface area contributed by atoms with Gasteiger partial charge < -0.3 is 11.1 Å². The number of hydrogen-bond donors (Lipinski definition) is 3. The van der Waals surface area contributed by atoms with E-state index in [1.54, 1.807) is 20.8 Å². The molecule has 0 aliphatic rings. The number of hydrogen-bond acceptors (Lipinski definition) is 4. The first kappa shape index (κ1) is 17.8. The van der Waals surface area contributed by atoms with E-state index in [0.717, 1.165) is 11.1 Å². The second-order valence-corrected chi connectivity index (χ2v) is 5.80. The molecule has 1 rings (SSSR count). The molecule has 8 heteroatoms. The Morgan fingerprint density at radius 1 is 1.32 bits per heavy atom. The van der Waals surface area contributed by atoms with Crippen LogP contribution in [0.25, 0.3) is 0 Å². The van der Waals surface area contributed by atoms with Gasteiger partial charge in [-0.05, 0) is 44.0 Å². The van der Waals surface area contributed by atoms with E-state index in [-0.39, 0.29) is 23.2 Å². The van der Waals surface area contributed by atoms with Crippen LogP contribution in [-0.4, -0.2) is 20.4 Å². The topological polar surface area (TPSA) is 115 Å². The molecule has 19 heavy (non-hydrogen) atoms. The number of aryl methyl sites for hydroxylation is 1. The molecule has 1 aromatic rings. The minimum Gasteiger partial charge on any atom is -0.324 e. The molecule has 1 aromatic carbocycles. The molecule has 0 aliphatic carbocycles. The number of carbonyl (C=O) groups is 1. The van der Waals surface area contributed by atoms with Gasteiger partial charge >= 0.3 is 0 Å². The summed E-state index contributed by atoms with van der Waals surface area (Å²) in [6.45, 7) is 5.06. The quantitative estimate of drug-likeness (QED) is 0.760. The van der Waals surface area contributed by atoms with Crippen LogP contribution in [0.5, 0.6) is 0 Å². The van der Waals surface area contributed by atoms with Gasteiger partial charge in [-0.3, -0.25) is 4.79 Å². The van der Waals surface area contributed by atoms with Crippen molar-refractivity contribution in [3.63, 3.8) is 0 Å². The maximum absolute atomic E-state index is 11.5. The SMILES string of the molecule is Cc1cc(S(N)(=O)=O)cc(NC(=O)[C@H](C)N)c1C.Cl. The Morgan fingerprint density at radius 3 is 2.26 bits per heavy atom. The van der Waals surface area contributed by atoms with Crippen molar-refractivity contribution in [2.75, 3.05) is 5.32 Å². The number of halogens is 1. The number of amides is 1. The molecule has 108 valence electrons. The fourth-order valence-electron chi connectivity index (χ4n) is 1.37. The average Bonchev–Trinajstić information content (AvgIpc) is 2.22. The van der Waals surface area contributed by atoms with Gasteiger partial charge in [0.2, 0.25) is 15.9 Å². The zero-order valence-electron chi connectivity index (χ0n) is 10.9. The van der Waals surface area contributed by atoms with Gasteiger partial charge in [0.15, 0.2) is 0 Å². The maximum atomic E-state index is 11.5. The van der Waals surface area contributed by atoms with Crippen LogP contribution in [0.1, 0.15) is 18.1 Å². The first-order chi connectivity index (χ1) is 8.12. The highest BCUT2D eigenvalue weighted by Gasteiger charge is 2.15. The van der Waals surface area contributed by atoms with Crippen molar-refractivity contribution in [3.05, 3.63) is 23.3 Å². The fraction of sp³-hybridized carbons (Fsp3) is 0.364. The molecule has 0 bridgehead atoms. The molecule has 5 N–H and O–H groups in total. The highest BCUT2D eigenvalue weighted by molar-refractivity contribution is 7.89. The Labute approximate surface area is 119 Å². The van der Waals surface area contributed by atoms with Gasteiger partial charge in [-0.2, -0.15) is 0 Å². The van der Waals surface area contributed by atoms with Crippen LogP contribution in [0.2, 0.25) is 0 Å². The van der Waals surface area contributed by atoms with Crippen LogP contribution in [0.15, 0.2) is 17.0 Å². The average molecular weight is 308 g/mol. The van der Waals surface area contributed by atoms with E-state index >= 15 is 0 Å². The monoisotopic (exact) mass is 307 g/mol. The first-order valence-electron chi connectivity index (χ1n) is 5.33. The summed E-state index contributed by atoms with van der Waals surface area (Å²) in [5, 5.41) is 7.65. The highest BCUT2D eigenvalue weighted by atomic mass is 35.5. The number of benzene rings is 1. The number of sulfonamides is 1. The Morgan fingerprint density at radius 2 is 1.84 bits per heavy atom. The molecule has 0 fully saturated rings. The van der Waals surface area contributed by atoms with E-state index in [0.29, 0.717) is 5.69 Å². The predicted molar refractivity (Wildman–Crippen MR) is 76.8 cm³/mol. The summed E-state index contributed by atoms with van der Waals surface area (Å²) < 4.78 is 22.6. The predicted octanol–water partition coefficient (Wildman–Crippen LogP) is 0.658. The molecule has 0 radical (unpaired) electrons. The van der Waals surface area contributed by atoms with Gasteiger partial charge in [-0.25, -0.2) is 13.6 Å². The second kappa shape index (κ2) is 6.33. The minimum atomic E-state index is -3.80. The summed E-state index contributed by atoms with van der Waals surface area (Å²) in [5.74, 6) is -0.385. The molecule has 0 aliphatic heterocycles. The zero-order valence-corrected chi connectivity index (χ0v) is 12.6. The summed E-state index contributed by atoms with van der Waals surface area (Å²) in [4.78, 5) is 11.5. The van der Waals surface area contributed by atoms with E-state index in [1.807, 2.05) is 0 Å². The third kappa shape index (κ3) is 4.46. The minimum absolute atomic E-state index is 0. The lowest BCUT2D eigenvalue weighted by Crippen LogP contribution is -2.32. The zero-order chi connectivity index (χ0) is 14.1. The lowest BCUT2D eigenvalue weighted by Gasteiger charge is -2.13. The lowest BCUT2D eigenvalue weighted by atomic mass is 10.1. The van der Waals surface area contributed by atoms with Crippen molar-refractivity contribution < 1.29 is 13.2 Å². The van der Waals surface area contributed by atoms with Crippen LogP contribution in [0, 0.1) is 13.8 Å². The van der Waals surface area contributed by atoms with Crippen molar-refractivity contribution in [2.24, 2.45) is 10.9 Å². The number of nitrogens with one attached hydrogen (secondary N) is 1. The van der Waals surface area contributed by atoms with Crippen molar-refractivity contribution in [1.82, 2.24) is 0 Å². The molecular weight excluding hydrogens is 290 g/mol. The Balaban J connectivity index is 0.00000324. The summed E-state index contributed by atoms with van der Waals surface area (Å²) in [5.41, 5.74) is 7.34. The third-order valence-corrected chi connectivity index (χ3v) is 3.53. The normalized spacial score (nSPS) is 12.5. The van der Waals surface area contributed by atoms with Gasteiger partial charge in [0.1, 0.15) is 0 Å². The van der Waals surface area contributed by atoms with Gasteiger partial charge in [-0.1, -0.05) is 0 Å². The van der Waals surface area contributed by atoms with E-state index in [9.17, 15) is 13.2 Å². The summed E-state index contributed by atoms with van der Waals surface area (Å²) in [7, 11) is -3.80. The van der Waals surface area contributed by atoms with Crippen molar-refractivity contribution >= 4 is 34.0 Å². The molecule has 1 atom stereocenters. The molecule has 0 spiro atoms. The van der Waals surface area contributed by atoms with E-state index < -0.39 is 16.1 Å². The highest BCUT2D eigenvalue weighted by Crippen LogP contribution is 2.23. The standard InChI is InChI=1S/C11H17N3O3S.ClH/c1-6-4-9(18(13,16)17)5-10(7(6)2)14-11(15)8(3)12;/h4-5,8H,12H2,1-3H3,(H,14,15)(H2,13,16,17);1H/t8-;/m0./s1. The third-order valence-electron chi connectivity index (χ3n) is 2.64. The first-order valence-corrected chi connectivity index (χ1v) is 6.88. The smallest absolute Gasteiger partial charge is 0.241 e. The Kier molecular flexibility index (Phi) is 5.95. The number of anilines is 1. The fourth-order valence-corrected chi connectivity index (χ4v) is 1.99. The maximum Gasteiger partial charge on any atom is 0.241 e. The molecule has 0 saturated carbocycles. The Bertz CT molecular complexity index is 585. The largest absolute Gasteiger partial charge is 0.324 e. The van der Waals surface area contributed by atoms with Crippen LogP contribution < -0.4 is 16.2 Å². The van der Waals surface area contributed by atoms with Gasteiger partial charge in [-0.15, -0.1) is 12.4 Å². The van der Waals surface area contributed by atoms with Crippen LogP contribution in [0.3, 0.4) is 0 Å². The van der Waals surface area contributed by atoms with Gasteiger partial charge in [0.25, 0.3) is 0 Å². The number of primary sulfonamides is 1. The summed E-state index contributed by atoms with van der Waals surface area (Å²) in [6.07, 6.45) is 0. The molecule has 0 aromatic heterocycles.